The molecule has 6 heteroatoms. The van der Waals surface area contributed by atoms with E-state index in [1.54, 1.807) is 18.2 Å². The molecule has 0 aromatic heterocycles. The molecule has 3 aliphatic rings. The molecule has 2 aromatic rings. The molecule has 6 nitrogen and oxygen atoms in total. The Morgan fingerprint density at radius 2 is 1.70 bits per heavy atom. The smallest absolute Gasteiger partial charge is 0.335 e. The van der Waals surface area contributed by atoms with Gasteiger partial charge in [0.25, 0.3) is 0 Å². The molecule has 0 spiro atoms. The van der Waals surface area contributed by atoms with Crippen LogP contribution in [0.2, 0.25) is 0 Å². The number of carboxylic acids is 1. The van der Waals surface area contributed by atoms with E-state index in [9.17, 15) is 19.8 Å². The highest BCUT2D eigenvalue weighted by atomic mass is 16.4. The van der Waals surface area contributed by atoms with Crippen molar-refractivity contribution in [2.24, 2.45) is 0 Å². The van der Waals surface area contributed by atoms with Crippen molar-refractivity contribution in [2.45, 2.75) is 52.4 Å². The zero-order valence-electron chi connectivity index (χ0n) is 22.2. The number of ketones is 1. The summed E-state index contributed by atoms with van der Waals surface area (Å²) in [6, 6.07) is 13.4. The largest absolute Gasteiger partial charge is 0.506 e. The summed E-state index contributed by atoms with van der Waals surface area (Å²) in [5.74, 6) is -1.16. The quantitative estimate of drug-likeness (QED) is 0.403. The van der Waals surface area contributed by atoms with Gasteiger partial charge in [0.15, 0.2) is 5.71 Å². The molecule has 0 radical (unpaired) electrons. The number of aromatic carboxylic acids is 1. The molecule has 0 saturated carbocycles. The number of para-hydroxylation sites is 1. The molecule has 0 bridgehead atoms. The topological polar surface area (TPSA) is 80.8 Å². The van der Waals surface area contributed by atoms with Gasteiger partial charge in [-0.3, -0.25) is 4.79 Å². The molecule has 2 aromatic carbocycles. The number of rotatable bonds is 5. The van der Waals surface area contributed by atoms with Gasteiger partial charge in [-0.05, 0) is 57.5 Å². The number of anilines is 1. The number of aliphatic hydroxyl groups excluding tert-OH is 1. The first-order chi connectivity index (χ1) is 17.4. The van der Waals surface area contributed by atoms with E-state index in [4.69, 9.17) is 0 Å². The van der Waals surface area contributed by atoms with Gasteiger partial charge in [-0.25, -0.2) is 4.79 Å². The van der Waals surface area contributed by atoms with Crippen molar-refractivity contribution in [2.75, 3.05) is 18.0 Å². The molecule has 190 valence electrons. The van der Waals surface area contributed by atoms with E-state index < -0.39 is 11.4 Å². The normalized spacial score (nSPS) is 21.6. The number of fused-ring (bicyclic) bond motifs is 2. The van der Waals surface area contributed by atoms with Crippen LogP contribution >= 0.6 is 0 Å². The maximum atomic E-state index is 13.4. The Labute approximate surface area is 217 Å². The number of aliphatic hydroxyl groups is 1. The van der Waals surface area contributed by atoms with Crippen LogP contribution in [-0.4, -0.2) is 45.3 Å². The van der Waals surface area contributed by atoms with Gasteiger partial charge in [0.1, 0.15) is 12.3 Å². The third kappa shape index (κ3) is 3.42. The number of likely N-dealkylation sites (N-methyl/N-ethyl adjacent to an activating group) is 1. The molecule has 2 aliphatic heterocycles. The molecule has 37 heavy (non-hydrogen) atoms. The summed E-state index contributed by atoms with van der Waals surface area (Å²) in [5, 5.41) is 20.6. The van der Waals surface area contributed by atoms with Crippen LogP contribution < -0.4 is 4.90 Å². The minimum absolute atomic E-state index is 0.00171. The van der Waals surface area contributed by atoms with E-state index in [1.165, 1.54) is 5.56 Å². The summed E-state index contributed by atoms with van der Waals surface area (Å²) in [6.45, 7) is 13.8. The summed E-state index contributed by atoms with van der Waals surface area (Å²) < 4.78 is 2.20. The van der Waals surface area contributed by atoms with Crippen LogP contribution in [0, 0.1) is 0 Å². The molecule has 0 atom stereocenters. The van der Waals surface area contributed by atoms with Crippen LogP contribution in [0.5, 0.6) is 0 Å². The molecule has 0 fully saturated rings. The third-order valence-electron chi connectivity index (χ3n) is 8.13. The van der Waals surface area contributed by atoms with Crippen molar-refractivity contribution in [1.29, 1.82) is 0 Å². The second-order valence-electron chi connectivity index (χ2n) is 10.9. The predicted octanol–water partition coefficient (Wildman–Crippen LogP) is 5.80. The minimum atomic E-state index is -0.973. The molecular formula is C31H33N2O4+. The standard InChI is InChI=1S/C31H32N2O4/c1-7-32-23-12-10-9-11-21(23)30(3,4)25(32)16-19-27(34)20(28(19)35)17-26-31(5,6)22-15-18(29(36)37)13-14-24(22)33(26)8-2/h9-17H,7-8H2,1-6H3,(H-,34,35,36,37)/p+1. The maximum absolute atomic E-state index is 13.4. The lowest BCUT2D eigenvalue weighted by molar-refractivity contribution is -0.433. The number of allylic oxidation sites excluding steroid dienone is 5. The Hall–Kier alpha value is -3.93. The summed E-state index contributed by atoms with van der Waals surface area (Å²) in [4.78, 5) is 27.1. The van der Waals surface area contributed by atoms with Gasteiger partial charge in [-0.15, -0.1) is 0 Å². The number of carbonyl (C=O) groups excluding carboxylic acids is 1. The van der Waals surface area contributed by atoms with E-state index in [1.807, 2.05) is 45.0 Å². The molecule has 2 N–H and O–H groups in total. The molecule has 0 unspecified atom stereocenters. The number of nitrogens with zero attached hydrogens (tertiary/aromatic N) is 2. The summed E-state index contributed by atoms with van der Waals surface area (Å²) in [7, 11) is 0. The Morgan fingerprint density at radius 1 is 1.00 bits per heavy atom. The molecular weight excluding hydrogens is 464 g/mol. The number of Topliss-reactive ketones (excluding diaryl/α,β-unsaturated/α-hetero) is 1. The van der Waals surface area contributed by atoms with Crippen molar-refractivity contribution in [3.63, 3.8) is 0 Å². The van der Waals surface area contributed by atoms with Crippen molar-refractivity contribution in [1.82, 2.24) is 0 Å². The fraction of sp³-hybridized carbons (Fsp3) is 0.323. The summed E-state index contributed by atoms with van der Waals surface area (Å²) in [5.41, 5.74) is 6.00. The van der Waals surface area contributed by atoms with Gasteiger partial charge >= 0.3 is 5.97 Å². The average Bonchev–Trinajstić information content (AvgIpc) is 3.23. The van der Waals surface area contributed by atoms with Crippen molar-refractivity contribution >= 4 is 28.8 Å². The van der Waals surface area contributed by atoms with Gasteiger partial charge in [-0.1, -0.05) is 32.0 Å². The first-order valence-corrected chi connectivity index (χ1v) is 12.8. The molecule has 1 aliphatic carbocycles. The summed E-state index contributed by atoms with van der Waals surface area (Å²) in [6.07, 6.45) is 3.62. The van der Waals surface area contributed by atoms with Crippen LogP contribution in [0.15, 0.2) is 77.2 Å². The van der Waals surface area contributed by atoms with Crippen LogP contribution in [0.3, 0.4) is 0 Å². The zero-order valence-corrected chi connectivity index (χ0v) is 22.2. The Bertz CT molecular complexity index is 1500. The van der Waals surface area contributed by atoms with Crippen molar-refractivity contribution in [3.05, 3.63) is 93.9 Å². The van der Waals surface area contributed by atoms with E-state index in [0.29, 0.717) is 12.1 Å². The predicted molar refractivity (Wildman–Crippen MR) is 145 cm³/mol. The van der Waals surface area contributed by atoms with E-state index in [2.05, 4.69) is 42.4 Å². The minimum Gasteiger partial charge on any atom is -0.506 e. The zero-order chi connectivity index (χ0) is 26.9. The monoisotopic (exact) mass is 497 g/mol. The first kappa shape index (κ1) is 24.8. The number of hydrogen-bond donors (Lipinski definition) is 2. The third-order valence-corrected chi connectivity index (χ3v) is 8.13. The number of hydrogen-bond acceptors (Lipinski definition) is 4. The number of carboxylic acid groups (broad SMARTS) is 1. The summed E-state index contributed by atoms with van der Waals surface area (Å²) >= 11 is 0. The highest BCUT2D eigenvalue weighted by molar-refractivity contribution is 6.24. The second kappa shape index (κ2) is 8.30. The van der Waals surface area contributed by atoms with E-state index >= 15 is 0 Å². The average molecular weight is 498 g/mol. The highest BCUT2D eigenvalue weighted by Gasteiger charge is 2.46. The molecule has 5 rings (SSSR count). The van der Waals surface area contributed by atoms with Crippen LogP contribution in [0.4, 0.5) is 11.4 Å². The Kier molecular flexibility index (Phi) is 5.55. The Balaban J connectivity index is 1.58. The molecule has 2 heterocycles. The molecule has 0 amide bonds. The van der Waals surface area contributed by atoms with Gasteiger partial charge in [0, 0.05) is 41.1 Å². The number of carbonyl (C=O) groups is 2. The van der Waals surface area contributed by atoms with Gasteiger partial charge in [0.05, 0.1) is 22.1 Å². The fourth-order valence-corrected chi connectivity index (χ4v) is 6.03. The lowest BCUT2D eigenvalue weighted by atomic mass is 9.77. The first-order valence-electron chi connectivity index (χ1n) is 12.8. The lowest BCUT2D eigenvalue weighted by Gasteiger charge is -2.28. The van der Waals surface area contributed by atoms with Gasteiger partial charge < -0.3 is 15.1 Å². The highest BCUT2D eigenvalue weighted by Crippen LogP contribution is 2.49. The maximum Gasteiger partial charge on any atom is 0.335 e. The fourth-order valence-electron chi connectivity index (χ4n) is 6.03. The van der Waals surface area contributed by atoms with Crippen molar-refractivity contribution in [3.8, 4) is 0 Å². The van der Waals surface area contributed by atoms with Crippen molar-refractivity contribution < 1.29 is 24.4 Å². The lowest BCUT2D eigenvalue weighted by Crippen LogP contribution is -2.32. The van der Waals surface area contributed by atoms with Crippen LogP contribution in [0.25, 0.3) is 0 Å². The Morgan fingerprint density at radius 3 is 2.32 bits per heavy atom. The molecule has 0 saturated heterocycles. The van der Waals surface area contributed by atoms with Gasteiger partial charge in [0.2, 0.25) is 11.5 Å². The van der Waals surface area contributed by atoms with E-state index in [-0.39, 0.29) is 28.1 Å². The number of benzene rings is 2. The van der Waals surface area contributed by atoms with Gasteiger partial charge in [-0.2, -0.15) is 4.58 Å². The van der Waals surface area contributed by atoms with Crippen LogP contribution in [-0.2, 0) is 15.6 Å². The SMILES string of the molecule is CCN1C(=CC2=C(O)C(=CC3=[N+](CC)c4ccccc4C3(C)C)C2=O)C(C)(C)c2cc(C(=O)O)ccc21. The second-order valence-corrected chi connectivity index (χ2v) is 10.9. The van der Waals surface area contributed by atoms with Crippen LogP contribution in [0.1, 0.15) is 63.0 Å². The van der Waals surface area contributed by atoms with E-state index in [0.717, 1.165) is 34.9 Å².